The maximum Gasteiger partial charge on any atom is 0.306 e. The minimum atomic E-state index is 0.328. The van der Waals surface area contributed by atoms with Gasteiger partial charge < -0.3 is 0 Å². The van der Waals surface area contributed by atoms with Gasteiger partial charge in [-0.2, -0.15) is 9.78 Å². The minimum Gasteiger partial charge on any atom is -0.278 e. The number of nitrogens with one attached hydrogen (secondary N) is 3. The van der Waals surface area contributed by atoms with Crippen molar-refractivity contribution in [2.45, 2.75) is 39.2 Å². The topological polar surface area (TPSA) is 58.6 Å². The molecule has 0 bridgehead atoms. The molecule has 18 heavy (non-hydrogen) atoms. The van der Waals surface area contributed by atoms with E-state index in [0.717, 1.165) is 31.0 Å². The van der Waals surface area contributed by atoms with Gasteiger partial charge in [-0.15, -0.1) is 0 Å². The number of H-pyrrole nitrogens is 1. The first-order valence-corrected chi connectivity index (χ1v) is 6.59. The fourth-order valence-electron chi connectivity index (χ4n) is 2.29. The Morgan fingerprint density at radius 2 is 2.61 bits per heavy atom. The lowest BCUT2D eigenvalue weighted by atomic mass is 10.0. The highest BCUT2D eigenvalue weighted by atomic mass is 15.3. The molecule has 5 nitrogen and oxygen atoms in total. The van der Waals surface area contributed by atoms with Gasteiger partial charge in [-0.1, -0.05) is 13.5 Å². The van der Waals surface area contributed by atoms with Crippen molar-refractivity contribution >= 4 is 5.84 Å². The van der Waals surface area contributed by atoms with Crippen LogP contribution in [0.2, 0.25) is 0 Å². The standard InChI is InChI=1S/C13H21N5/c1-10-4-5-15-13(6-10)17-11(2)7-12(3)18-9-14-8-16-18/h8-10,12H,2,4-7H2,1,3H3,(H,15,17)/p+2/t10?,12-/m1/s1. The Morgan fingerprint density at radius 3 is 3.28 bits per heavy atom. The SMILES string of the molecule is C=C(C[C@@H](C)[n+]1cnc[nH]1)NC1=[NH+]CCC(C)C1. The Labute approximate surface area is 108 Å². The summed E-state index contributed by atoms with van der Waals surface area (Å²) in [5.74, 6) is 1.96. The molecule has 5 heteroatoms. The molecule has 1 aromatic rings. The van der Waals surface area contributed by atoms with E-state index in [1.165, 1.54) is 12.3 Å². The Balaban J connectivity index is 1.83. The quantitative estimate of drug-likeness (QED) is 0.640. The summed E-state index contributed by atoms with van der Waals surface area (Å²) in [4.78, 5) is 7.42. The molecule has 1 aromatic heterocycles. The first-order chi connectivity index (χ1) is 8.65. The molecule has 1 aliphatic rings. The monoisotopic (exact) mass is 249 g/mol. The molecule has 0 radical (unpaired) electrons. The molecule has 2 rings (SSSR count). The molecule has 0 fully saturated rings. The zero-order valence-corrected chi connectivity index (χ0v) is 11.2. The number of hydrogen-bond donors (Lipinski definition) is 3. The van der Waals surface area contributed by atoms with Gasteiger partial charge in [0.2, 0.25) is 12.2 Å². The molecule has 3 N–H and O–H groups in total. The fraction of sp³-hybridized carbons (Fsp3) is 0.615. The van der Waals surface area contributed by atoms with Crippen LogP contribution in [0.5, 0.6) is 0 Å². The summed E-state index contributed by atoms with van der Waals surface area (Å²) in [5.41, 5.74) is 1.04. The molecule has 0 spiro atoms. The Kier molecular flexibility index (Phi) is 4.12. The molecule has 0 aliphatic carbocycles. The van der Waals surface area contributed by atoms with Gasteiger partial charge in [-0.05, 0) is 24.2 Å². The van der Waals surface area contributed by atoms with Crippen LogP contribution in [0.3, 0.4) is 0 Å². The van der Waals surface area contributed by atoms with Crippen LogP contribution in [-0.2, 0) is 0 Å². The molecule has 1 aliphatic heterocycles. The molecule has 0 saturated heterocycles. The van der Waals surface area contributed by atoms with Crippen LogP contribution in [0.1, 0.15) is 39.2 Å². The fourth-order valence-corrected chi connectivity index (χ4v) is 2.29. The Bertz CT molecular complexity index is 421. The van der Waals surface area contributed by atoms with Crippen molar-refractivity contribution in [2.24, 2.45) is 5.92 Å². The number of hydrogen-bond acceptors (Lipinski definition) is 2. The van der Waals surface area contributed by atoms with E-state index in [2.05, 4.69) is 40.8 Å². The maximum absolute atomic E-state index is 4.10. The number of aromatic nitrogens is 3. The van der Waals surface area contributed by atoms with Crippen LogP contribution in [0, 0.1) is 5.92 Å². The third kappa shape index (κ3) is 3.42. The van der Waals surface area contributed by atoms with Crippen molar-refractivity contribution in [1.29, 1.82) is 0 Å². The predicted octanol–water partition coefficient (Wildman–Crippen LogP) is -0.339. The Morgan fingerprint density at radius 1 is 1.78 bits per heavy atom. The van der Waals surface area contributed by atoms with E-state index in [1.807, 2.05) is 4.68 Å². The third-order valence-electron chi connectivity index (χ3n) is 3.34. The molecule has 0 aromatic carbocycles. The van der Waals surface area contributed by atoms with E-state index in [4.69, 9.17) is 0 Å². The van der Waals surface area contributed by atoms with Gasteiger partial charge in [0, 0.05) is 0 Å². The number of rotatable bonds is 4. The van der Waals surface area contributed by atoms with Gasteiger partial charge in [-0.3, -0.25) is 4.99 Å². The molecule has 2 atom stereocenters. The summed E-state index contributed by atoms with van der Waals surface area (Å²) in [7, 11) is 0. The first-order valence-electron chi connectivity index (χ1n) is 6.59. The van der Waals surface area contributed by atoms with Crippen LogP contribution in [-0.4, -0.2) is 22.5 Å². The van der Waals surface area contributed by atoms with Gasteiger partial charge in [0.05, 0.1) is 25.1 Å². The van der Waals surface area contributed by atoms with Crippen molar-refractivity contribution in [1.82, 2.24) is 15.4 Å². The van der Waals surface area contributed by atoms with Gasteiger partial charge in [-0.25, -0.2) is 5.32 Å². The summed E-state index contributed by atoms with van der Waals surface area (Å²) in [6, 6.07) is 0.328. The molecule has 98 valence electrons. The van der Waals surface area contributed by atoms with Crippen molar-refractivity contribution in [2.75, 3.05) is 6.54 Å². The predicted molar refractivity (Wildman–Crippen MR) is 69.6 cm³/mol. The highest BCUT2D eigenvalue weighted by molar-refractivity contribution is 5.78. The summed E-state index contributed by atoms with van der Waals surface area (Å²) in [6.45, 7) is 9.59. The van der Waals surface area contributed by atoms with Crippen LogP contribution < -0.4 is 15.0 Å². The highest BCUT2D eigenvalue weighted by Gasteiger charge is 2.20. The van der Waals surface area contributed by atoms with E-state index >= 15 is 0 Å². The molecule has 0 amide bonds. The highest BCUT2D eigenvalue weighted by Crippen LogP contribution is 2.10. The van der Waals surface area contributed by atoms with E-state index < -0.39 is 0 Å². The maximum atomic E-state index is 4.10. The second kappa shape index (κ2) is 5.80. The van der Waals surface area contributed by atoms with E-state index in [0.29, 0.717) is 6.04 Å². The van der Waals surface area contributed by atoms with Gasteiger partial charge >= 0.3 is 6.33 Å². The Hall–Kier alpha value is -1.65. The zero-order chi connectivity index (χ0) is 13.0. The van der Waals surface area contributed by atoms with Crippen LogP contribution in [0.4, 0.5) is 0 Å². The van der Waals surface area contributed by atoms with Crippen LogP contribution in [0.15, 0.2) is 24.9 Å². The van der Waals surface area contributed by atoms with Crippen LogP contribution >= 0.6 is 0 Å². The second-order valence-corrected chi connectivity index (χ2v) is 5.22. The lowest BCUT2D eigenvalue weighted by molar-refractivity contribution is -0.771. The average molecular weight is 249 g/mol. The number of nitrogens with zero attached hydrogens (tertiary/aromatic N) is 2. The lowest BCUT2D eigenvalue weighted by Gasteiger charge is -2.15. The average Bonchev–Trinajstić information content (AvgIpc) is 2.81. The first kappa shape index (κ1) is 12.8. The number of allylic oxidation sites excluding steroid dienone is 1. The van der Waals surface area contributed by atoms with Crippen molar-refractivity contribution < 1.29 is 9.67 Å². The summed E-state index contributed by atoms with van der Waals surface area (Å²) >= 11 is 0. The minimum absolute atomic E-state index is 0.328. The normalized spacial score (nSPS) is 21.2. The van der Waals surface area contributed by atoms with Crippen molar-refractivity contribution in [3.8, 4) is 0 Å². The molecule has 1 unspecified atom stereocenters. The van der Waals surface area contributed by atoms with E-state index in [9.17, 15) is 0 Å². The molecule has 0 saturated carbocycles. The molecule has 2 heterocycles. The smallest absolute Gasteiger partial charge is 0.278 e. The van der Waals surface area contributed by atoms with E-state index in [1.54, 1.807) is 12.7 Å². The second-order valence-electron chi connectivity index (χ2n) is 5.22. The van der Waals surface area contributed by atoms with Crippen molar-refractivity contribution in [3.05, 3.63) is 24.9 Å². The summed E-state index contributed by atoms with van der Waals surface area (Å²) < 4.78 is 1.98. The van der Waals surface area contributed by atoms with Gasteiger partial charge in [0.25, 0.3) is 0 Å². The molecular formula is C13H23N5+2. The number of amidine groups is 1. The number of aromatic amines is 1. The van der Waals surface area contributed by atoms with Gasteiger partial charge in [0.1, 0.15) is 6.04 Å². The molecular weight excluding hydrogens is 226 g/mol. The van der Waals surface area contributed by atoms with E-state index in [-0.39, 0.29) is 0 Å². The third-order valence-corrected chi connectivity index (χ3v) is 3.34. The zero-order valence-electron chi connectivity index (χ0n) is 11.2. The van der Waals surface area contributed by atoms with Crippen molar-refractivity contribution in [3.63, 3.8) is 0 Å². The van der Waals surface area contributed by atoms with Crippen LogP contribution in [0.25, 0.3) is 0 Å². The van der Waals surface area contributed by atoms with Gasteiger partial charge in [0.15, 0.2) is 0 Å². The lowest BCUT2D eigenvalue weighted by Crippen LogP contribution is -2.78. The summed E-state index contributed by atoms with van der Waals surface area (Å²) in [5, 5.41) is 6.47. The largest absolute Gasteiger partial charge is 0.306 e. The summed E-state index contributed by atoms with van der Waals surface area (Å²) in [6.07, 6.45) is 6.70.